The zero-order valence-electron chi connectivity index (χ0n) is 18.0. The number of carbonyl (C=O) groups is 2. The molecule has 6 nitrogen and oxygen atoms in total. The fraction of sp³-hybridized carbons (Fsp3) is 0.200. The number of halogens is 1. The third-order valence-corrected chi connectivity index (χ3v) is 7.42. The van der Waals surface area contributed by atoms with E-state index in [9.17, 15) is 22.4 Å². The summed E-state index contributed by atoms with van der Waals surface area (Å²) in [5, 5.41) is 5.38. The normalized spacial score (nSPS) is 14.2. The Bertz CT molecular complexity index is 1320. The van der Waals surface area contributed by atoms with Crippen LogP contribution < -0.4 is 10.6 Å². The number of rotatable bonds is 6. The third-order valence-electron chi connectivity index (χ3n) is 5.68. The van der Waals surface area contributed by atoms with Crippen LogP contribution in [0.5, 0.6) is 0 Å². The van der Waals surface area contributed by atoms with E-state index in [1.165, 1.54) is 12.1 Å². The van der Waals surface area contributed by atoms with Gasteiger partial charge in [-0.3, -0.25) is 9.59 Å². The number of nitrogens with one attached hydrogen (secondary N) is 2. The third kappa shape index (κ3) is 5.12. The minimum atomic E-state index is -3.85. The van der Waals surface area contributed by atoms with Crippen LogP contribution in [0, 0.1) is 12.7 Å². The lowest BCUT2D eigenvalue weighted by Gasteiger charge is -2.20. The van der Waals surface area contributed by atoms with E-state index in [2.05, 4.69) is 10.6 Å². The second kappa shape index (κ2) is 9.15. The predicted octanol–water partition coefficient (Wildman–Crippen LogP) is 4.22. The molecule has 33 heavy (non-hydrogen) atoms. The summed E-state index contributed by atoms with van der Waals surface area (Å²) in [6.45, 7) is 1.62. The Balaban J connectivity index is 1.63. The van der Waals surface area contributed by atoms with Crippen molar-refractivity contribution >= 4 is 33.0 Å². The Hall–Kier alpha value is -3.52. The van der Waals surface area contributed by atoms with Crippen LogP contribution in [0.3, 0.4) is 0 Å². The van der Waals surface area contributed by atoms with Crippen LogP contribution in [0.2, 0.25) is 0 Å². The van der Waals surface area contributed by atoms with E-state index in [-0.39, 0.29) is 16.5 Å². The van der Waals surface area contributed by atoms with Gasteiger partial charge in [-0.25, -0.2) is 12.8 Å². The maximum atomic E-state index is 13.9. The van der Waals surface area contributed by atoms with E-state index >= 15 is 0 Å². The average molecular weight is 467 g/mol. The van der Waals surface area contributed by atoms with Crippen molar-refractivity contribution in [2.75, 3.05) is 16.4 Å². The van der Waals surface area contributed by atoms with Crippen LogP contribution in [-0.4, -0.2) is 26.0 Å². The SMILES string of the molecule is Cc1ccc(NC(=O)C(CS(=O)(=O)c2ccc3c(c2)CCC(=O)N3)c2ccccc2)cc1F. The molecule has 0 bridgehead atoms. The van der Waals surface area contributed by atoms with E-state index < -0.39 is 33.2 Å². The monoisotopic (exact) mass is 466 g/mol. The van der Waals surface area contributed by atoms with Crippen LogP contribution in [0.1, 0.15) is 29.0 Å². The molecule has 0 saturated carbocycles. The number of benzene rings is 3. The van der Waals surface area contributed by atoms with E-state index in [4.69, 9.17) is 0 Å². The smallest absolute Gasteiger partial charge is 0.232 e. The van der Waals surface area contributed by atoms with Gasteiger partial charge < -0.3 is 10.6 Å². The van der Waals surface area contributed by atoms with Crippen LogP contribution in [0.4, 0.5) is 15.8 Å². The Morgan fingerprint density at radius 2 is 1.82 bits per heavy atom. The minimum Gasteiger partial charge on any atom is -0.326 e. The first kappa shape index (κ1) is 22.7. The predicted molar refractivity (Wildman–Crippen MR) is 124 cm³/mol. The fourth-order valence-electron chi connectivity index (χ4n) is 3.78. The number of hydrogen-bond acceptors (Lipinski definition) is 4. The molecule has 1 atom stereocenters. The van der Waals surface area contributed by atoms with Crippen LogP contribution in [0.25, 0.3) is 0 Å². The van der Waals surface area contributed by atoms with E-state index in [1.807, 2.05) is 0 Å². The molecule has 1 heterocycles. The number of anilines is 2. The van der Waals surface area contributed by atoms with Crippen molar-refractivity contribution in [1.82, 2.24) is 0 Å². The molecule has 2 amide bonds. The number of aryl methyl sites for hydroxylation is 2. The van der Waals surface area contributed by atoms with Gasteiger partial charge >= 0.3 is 0 Å². The van der Waals surface area contributed by atoms with E-state index in [0.717, 1.165) is 5.56 Å². The molecule has 4 rings (SSSR count). The standard InChI is InChI=1S/C25H23FN2O4S/c1-16-7-9-19(14-22(16)26)27-25(30)21(17-5-3-2-4-6-17)15-33(31,32)20-10-11-23-18(13-20)8-12-24(29)28-23/h2-7,9-11,13-14,21H,8,12,15H2,1H3,(H,27,30)(H,28,29). The molecular formula is C25H23FN2O4S. The summed E-state index contributed by atoms with van der Waals surface area (Å²) < 4.78 is 40.5. The number of hydrogen-bond donors (Lipinski definition) is 2. The quantitative estimate of drug-likeness (QED) is 0.569. The Morgan fingerprint density at radius 1 is 1.06 bits per heavy atom. The summed E-state index contributed by atoms with van der Waals surface area (Å²) in [6, 6.07) is 17.5. The Morgan fingerprint density at radius 3 is 2.55 bits per heavy atom. The molecule has 0 fully saturated rings. The van der Waals surface area contributed by atoms with Crippen LogP contribution in [0.15, 0.2) is 71.6 Å². The van der Waals surface area contributed by atoms with Gasteiger partial charge in [0.1, 0.15) is 5.82 Å². The van der Waals surface area contributed by atoms with E-state index in [1.54, 1.807) is 61.5 Å². The number of fused-ring (bicyclic) bond motifs is 1. The van der Waals surface area contributed by atoms with Gasteiger partial charge in [0, 0.05) is 17.8 Å². The highest BCUT2D eigenvalue weighted by molar-refractivity contribution is 7.91. The Kier molecular flexibility index (Phi) is 6.29. The van der Waals surface area contributed by atoms with Crippen molar-refractivity contribution < 1.29 is 22.4 Å². The molecule has 3 aromatic carbocycles. The molecule has 0 spiro atoms. The maximum absolute atomic E-state index is 13.9. The molecular weight excluding hydrogens is 443 g/mol. The second-order valence-corrected chi connectivity index (χ2v) is 10.1. The summed E-state index contributed by atoms with van der Waals surface area (Å²) in [7, 11) is -3.85. The average Bonchev–Trinajstić information content (AvgIpc) is 2.80. The largest absolute Gasteiger partial charge is 0.326 e. The first-order valence-electron chi connectivity index (χ1n) is 10.5. The van der Waals surface area contributed by atoms with Crippen molar-refractivity contribution in [3.05, 3.63) is 89.2 Å². The molecule has 0 saturated heterocycles. The van der Waals surface area contributed by atoms with Gasteiger partial charge in [0.2, 0.25) is 11.8 Å². The van der Waals surface area contributed by atoms with Gasteiger partial charge in [0.25, 0.3) is 0 Å². The maximum Gasteiger partial charge on any atom is 0.232 e. The first-order valence-corrected chi connectivity index (χ1v) is 12.2. The lowest BCUT2D eigenvalue weighted by molar-refractivity contribution is -0.117. The van der Waals surface area contributed by atoms with Crippen molar-refractivity contribution in [1.29, 1.82) is 0 Å². The molecule has 0 aromatic heterocycles. The van der Waals surface area contributed by atoms with Crippen LogP contribution in [-0.2, 0) is 25.8 Å². The zero-order valence-corrected chi connectivity index (χ0v) is 18.8. The highest BCUT2D eigenvalue weighted by atomic mass is 32.2. The Labute approximate surface area is 191 Å². The summed E-state index contributed by atoms with van der Waals surface area (Å²) in [5.74, 6) is -2.57. The van der Waals surface area contributed by atoms with Crippen molar-refractivity contribution in [2.45, 2.75) is 30.6 Å². The lowest BCUT2D eigenvalue weighted by Crippen LogP contribution is -2.28. The van der Waals surface area contributed by atoms with Gasteiger partial charge in [0.15, 0.2) is 9.84 Å². The molecule has 1 aliphatic heterocycles. The number of carbonyl (C=O) groups excluding carboxylic acids is 2. The summed E-state index contributed by atoms with van der Waals surface area (Å²) >= 11 is 0. The number of sulfone groups is 1. The fourth-order valence-corrected chi connectivity index (χ4v) is 5.35. The second-order valence-electron chi connectivity index (χ2n) is 8.07. The molecule has 3 aromatic rings. The highest BCUT2D eigenvalue weighted by Gasteiger charge is 2.29. The van der Waals surface area contributed by atoms with Crippen molar-refractivity contribution in [3.8, 4) is 0 Å². The molecule has 170 valence electrons. The van der Waals surface area contributed by atoms with Gasteiger partial charge in [-0.15, -0.1) is 0 Å². The molecule has 2 N–H and O–H groups in total. The summed E-state index contributed by atoms with van der Waals surface area (Å²) in [6.07, 6.45) is 0.741. The molecule has 8 heteroatoms. The van der Waals surface area contributed by atoms with Crippen LogP contribution >= 0.6 is 0 Å². The summed E-state index contributed by atoms with van der Waals surface area (Å²) in [5.41, 5.74) is 2.58. The molecule has 1 aliphatic rings. The van der Waals surface area contributed by atoms with Crippen molar-refractivity contribution in [2.24, 2.45) is 0 Å². The zero-order chi connectivity index (χ0) is 23.6. The number of amides is 2. The molecule has 0 radical (unpaired) electrons. The van der Waals surface area contributed by atoms with Gasteiger partial charge in [0.05, 0.1) is 16.6 Å². The van der Waals surface area contributed by atoms with Gasteiger partial charge in [-0.1, -0.05) is 36.4 Å². The van der Waals surface area contributed by atoms with Gasteiger partial charge in [-0.05, 0) is 60.4 Å². The molecule has 0 aliphatic carbocycles. The molecule has 1 unspecified atom stereocenters. The minimum absolute atomic E-state index is 0.0903. The van der Waals surface area contributed by atoms with Crippen molar-refractivity contribution in [3.63, 3.8) is 0 Å². The topological polar surface area (TPSA) is 92.3 Å². The first-order chi connectivity index (χ1) is 15.7. The highest BCUT2D eigenvalue weighted by Crippen LogP contribution is 2.29. The summed E-state index contributed by atoms with van der Waals surface area (Å²) in [4.78, 5) is 24.8. The van der Waals surface area contributed by atoms with Gasteiger partial charge in [-0.2, -0.15) is 0 Å². The lowest BCUT2D eigenvalue weighted by atomic mass is 10.00. The van der Waals surface area contributed by atoms with E-state index in [0.29, 0.717) is 29.7 Å².